The van der Waals surface area contributed by atoms with E-state index in [4.69, 9.17) is 0 Å². The summed E-state index contributed by atoms with van der Waals surface area (Å²) in [5.74, 6) is 1.72. The number of aromatic nitrogens is 2. The van der Waals surface area contributed by atoms with Crippen LogP contribution in [0.2, 0.25) is 0 Å². The van der Waals surface area contributed by atoms with Gasteiger partial charge >= 0.3 is 0 Å². The predicted octanol–water partition coefficient (Wildman–Crippen LogP) is 0.542. The van der Waals surface area contributed by atoms with E-state index in [2.05, 4.69) is 20.6 Å². The van der Waals surface area contributed by atoms with Crippen molar-refractivity contribution in [3.8, 4) is 0 Å². The minimum atomic E-state index is -0.193. The van der Waals surface area contributed by atoms with Crippen LogP contribution in [-0.2, 0) is 4.79 Å². The molecule has 1 aliphatic heterocycles. The van der Waals surface area contributed by atoms with E-state index >= 15 is 0 Å². The summed E-state index contributed by atoms with van der Waals surface area (Å²) >= 11 is 0. The molecule has 2 N–H and O–H groups in total. The SMILES string of the molecule is CCNc1ncnc(N2CCNC(=O)C2C)c1C. The summed E-state index contributed by atoms with van der Waals surface area (Å²) in [5, 5.41) is 6.05. The van der Waals surface area contributed by atoms with Crippen LogP contribution in [-0.4, -0.2) is 41.6 Å². The standard InChI is InChI=1S/C12H19N5O/c1-4-13-10-8(2)11(16-7-15-10)17-6-5-14-12(18)9(17)3/h7,9H,4-6H2,1-3H3,(H,14,18)(H,13,15,16). The number of rotatable bonds is 3. The summed E-state index contributed by atoms with van der Waals surface area (Å²) < 4.78 is 0. The number of nitrogens with zero attached hydrogens (tertiary/aromatic N) is 3. The van der Waals surface area contributed by atoms with Gasteiger partial charge in [-0.3, -0.25) is 4.79 Å². The zero-order valence-electron chi connectivity index (χ0n) is 11.0. The molecule has 6 nitrogen and oxygen atoms in total. The van der Waals surface area contributed by atoms with Crippen LogP contribution in [0.25, 0.3) is 0 Å². The Labute approximate surface area is 107 Å². The first-order chi connectivity index (χ1) is 8.65. The van der Waals surface area contributed by atoms with E-state index in [9.17, 15) is 4.79 Å². The van der Waals surface area contributed by atoms with E-state index in [0.29, 0.717) is 6.54 Å². The molecule has 1 atom stereocenters. The van der Waals surface area contributed by atoms with Crippen LogP contribution in [0.5, 0.6) is 0 Å². The van der Waals surface area contributed by atoms with E-state index in [1.807, 2.05) is 25.7 Å². The molecule has 2 rings (SSSR count). The summed E-state index contributed by atoms with van der Waals surface area (Å²) in [6, 6.07) is -0.193. The molecule has 1 aliphatic rings. The second kappa shape index (κ2) is 5.20. The van der Waals surface area contributed by atoms with Gasteiger partial charge < -0.3 is 15.5 Å². The highest BCUT2D eigenvalue weighted by Crippen LogP contribution is 2.24. The average Bonchev–Trinajstić information content (AvgIpc) is 2.36. The van der Waals surface area contributed by atoms with Crippen LogP contribution in [0.15, 0.2) is 6.33 Å². The van der Waals surface area contributed by atoms with Crippen molar-refractivity contribution in [2.24, 2.45) is 0 Å². The number of nitrogens with one attached hydrogen (secondary N) is 2. The summed E-state index contributed by atoms with van der Waals surface area (Å²) in [7, 11) is 0. The van der Waals surface area contributed by atoms with Gasteiger partial charge in [0.05, 0.1) is 0 Å². The van der Waals surface area contributed by atoms with E-state index < -0.39 is 0 Å². The van der Waals surface area contributed by atoms with Gasteiger partial charge in [-0.25, -0.2) is 9.97 Å². The van der Waals surface area contributed by atoms with Crippen LogP contribution in [0.3, 0.4) is 0 Å². The summed E-state index contributed by atoms with van der Waals surface area (Å²) in [6.45, 7) is 8.14. The third kappa shape index (κ3) is 2.23. The number of hydrogen-bond donors (Lipinski definition) is 2. The van der Waals surface area contributed by atoms with Gasteiger partial charge in [0, 0.05) is 25.2 Å². The summed E-state index contributed by atoms with van der Waals surface area (Å²) in [6.07, 6.45) is 1.54. The summed E-state index contributed by atoms with van der Waals surface area (Å²) in [4.78, 5) is 22.3. The smallest absolute Gasteiger partial charge is 0.242 e. The largest absolute Gasteiger partial charge is 0.370 e. The Kier molecular flexibility index (Phi) is 3.64. The van der Waals surface area contributed by atoms with Crippen LogP contribution in [0.4, 0.5) is 11.6 Å². The van der Waals surface area contributed by atoms with Crippen LogP contribution in [0.1, 0.15) is 19.4 Å². The van der Waals surface area contributed by atoms with Gasteiger partial charge in [0.15, 0.2) is 0 Å². The van der Waals surface area contributed by atoms with Crippen molar-refractivity contribution < 1.29 is 4.79 Å². The van der Waals surface area contributed by atoms with E-state index in [1.54, 1.807) is 6.33 Å². The molecular weight excluding hydrogens is 230 g/mol. The first kappa shape index (κ1) is 12.6. The molecule has 0 bridgehead atoms. The molecule has 1 aromatic rings. The molecule has 98 valence electrons. The third-order valence-corrected chi connectivity index (χ3v) is 3.17. The number of carbonyl (C=O) groups excluding carboxylic acids is 1. The number of amides is 1. The first-order valence-electron chi connectivity index (χ1n) is 6.25. The van der Waals surface area contributed by atoms with Crippen molar-refractivity contribution in [2.45, 2.75) is 26.8 Å². The Morgan fingerprint density at radius 2 is 2.33 bits per heavy atom. The monoisotopic (exact) mass is 249 g/mol. The van der Waals surface area contributed by atoms with Crippen molar-refractivity contribution in [3.05, 3.63) is 11.9 Å². The topological polar surface area (TPSA) is 70.2 Å². The quantitative estimate of drug-likeness (QED) is 0.818. The van der Waals surface area contributed by atoms with E-state index in [-0.39, 0.29) is 11.9 Å². The average molecular weight is 249 g/mol. The maximum atomic E-state index is 11.7. The number of carbonyl (C=O) groups is 1. The van der Waals surface area contributed by atoms with Crippen molar-refractivity contribution in [2.75, 3.05) is 29.9 Å². The third-order valence-electron chi connectivity index (χ3n) is 3.17. The maximum absolute atomic E-state index is 11.7. The molecule has 6 heteroatoms. The van der Waals surface area contributed by atoms with E-state index in [1.165, 1.54) is 0 Å². The van der Waals surface area contributed by atoms with Gasteiger partial charge in [0.25, 0.3) is 0 Å². The Morgan fingerprint density at radius 1 is 1.56 bits per heavy atom. The van der Waals surface area contributed by atoms with Gasteiger partial charge in [0.1, 0.15) is 24.0 Å². The fourth-order valence-corrected chi connectivity index (χ4v) is 2.15. The number of hydrogen-bond acceptors (Lipinski definition) is 5. The predicted molar refractivity (Wildman–Crippen MR) is 70.8 cm³/mol. The first-order valence-corrected chi connectivity index (χ1v) is 6.25. The fraction of sp³-hybridized carbons (Fsp3) is 0.583. The van der Waals surface area contributed by atoms with Crippen LogP contribution < -0.4 is 15.5 Å². The minimum Gasteiger partial charge on any atom is -0.370 e. The molecule has 0 aliphatic carbocycles. The second-order valence-corrected chi connectivity index (χ2v) is 4.36. The fourth-order valence-electron chi connectivity index (χ4n) is 2.15. The highest BCUT2D eigenvalue weighted by atomic mass is 16.2. The van der Waals surface area contributed by atoms with Crippen LogP contribution >= 0.6 is 0 Å². The normalized spacial score (nSPS) is 19.6. The lowest BCUT2D eigenvalue weighted by Gasteiger charge is -2.34. The maximum Gasteiger partial charge on any atom is 0.242 e. The van der Waals surface area contributed by atoms with Crippen molar-refractivity contribution in [3.63, 3.8) is 0 Å². The molecule has 1 unspecified atom stereocenters. The molecule has 1 amide bonds. The van der Waals surface area contributed by atoms with Crippen molar-refractivity contribution in [1.82, 2.24) is 15.3 Å². The Morgan fingerprint density at radius 3 is 3.06 bits per heavy atom. The second-order valence-electron chi connectivity index (χ2n) is 4.36. The summed E-state index contributed by atoms with van der Waals surface area (Å²) in [5.41, 5.74) is 0.987. The molecule has 1 aromatic heterocycles. The number of piperazine rings is 1. The number of anilines is 2. The zero-order chi connectivity index (χ0) is 13.1. The minimum absolute atomic E-state index is 0.0456. The van der Waals surface area contributed by atoms with Gasteiger partial charge in [-0.2, -0.15) is 0 Å². The molecule has 1 fully saturated rings. The van der Waals surface area contributed by atoms with Gasteiger partial charge in [-0.15, -0.1) is 0 Å². The van der Waals surface area contributed by atoms with Crippen molar-refractivity contribution >= 4 is 17.5 Å². The highest BCUT2D eigenvalue weighted by Gasteiger charge is 2.28. The van der Waals surface area contributed by atoms with Gasteiger partial charge in [-0.05, 0) is 20.8 Å². The molecule has 0 radical (unpaired) electrons. The molecule has 18 heavy (non-hydrogen) atoms. The molecule has 0 spiro atoms. The highest BCUT2D eigenvalue weighted by molar-refractivity contribution is 5.86. The lowest BCUT2D eigenvalue weighted by atomic mass is 10.1. The Hall–Kier alpha value is -1.85. The Bertz CT molecular complexity index is 448. The lowest BCUT2D eigenvalue weighted by molar-refractivity contribution is -0.122. The van der Waals surface area contributed by atoms with E-state index in [0.717, 1.165) is 30.3 Å². The molecular formula is C12H19N5O. The van der Waals surface area contributed by atoms with Crippen LogP contribution in [0, 0.1) is 6.92 Å². The molecule has 0 saturated carbocycles. The Balaban J connectivity index is 2.32. The van der Waals surface area contributed by atoms with Gasteiger partial charge in [0.2, 0.25) is 5.91 Å². The van der Waals surface area contributed by atoms with Gasteiger partial charge in [-0.1, -0.05) is 0 Å². The molecule has 1 saturated heterocycles. The van der Waals surface area contributed by atoms with Crippen molar-refractivity contribution in [1.29, 1.82) is 0 Å². The molecule has 2 heterocycles. The zero-order valence-corrected chi connectivity index (χ0v) is 11.0. The lowest BCUT2D eigenvalue weighted by Crippen LogP contribution is -2.54. The molecule has 0 aromatic carbocycles.